The predicted octanol–water partition coefficient (Wildman–Crippen LogP) is 7.91. The Balaban J connectivity index is 0.901. The number of carbonyl (C=O) groups excluding carboxylic acids is 4. The van der Waals surface area contributed by atoms with E-state index in [9.17, 15) is 19.2 Å². The highest BCUT2D eigenvalue weighted by Gasteiger charge is 2.42. The second kappa shape index (κ2) is 12.5. The SMILES string of the molecule is O=C1CC(Sc2nc3ccccc3s2)C(=O)N1c1ccc(Sc2ccc(N3C(=O)CC(Sc4nc5ccccc5s4)C3=O)cc2)cc1. The van der Waals surface area contributed by atoms with Gasteiger partial charge in [-0.3, -0.25) is 19.2 Å². The van der Waals surface area contributed by atoms with Crippen LogP contribution in [0.25, 0.3) is 20.4 Å². The number of para-hydroxylation sites is 2. The second-order valence-electron chi connectivity index (χ2n) is 10.7. The molecule has 2 aromatic heterocycles. The van der Waals surface area contributed by atoms with E-state index in [2.05, 4.69) is 9.97 Å². The molecule has 4 heterocycles. The summed E-state index contributed by atoms with van der Waals surface area (Å²) >= 11 is 7.24. The first-order chi connectivity index (χ1) is 22.9. The van der Waals surface area contributed by atoms with Gasteiger partial charge in [0.1, 0.15) is 10.5 Å². The van der Waals surface area contributed by atoms with Crippen LogP contribution in [0, 0.1) is 0 Å². The zero-order valence-corrected chi connectivity index (χ0v) is 28.4. The van der Waals surface area contributed by atoms with Crippen LogP contribution in [0.3, 0.4) is 0 Å². The first-order valence-corrected chi connectivity index (χ1v) is 18.8. The molecule has 0 spiro atoms. The van der Waals surface area contributed by atoms with E-state index < -0.39 is 10.5 Å². The maximum atomic E-state index is 13.2. The van der Waals surface area contributed by atoms with Gasteiger partial charge in [-0.2, -0.15) is 0 Å². The average molecular weight is 711 g/mol. The van der Waals surface area contributed by atoms with Crippen molar-refractivity contribution in [1.82, 2.24) is 9.97 Å². The highest BCUT2D eigenvalue weighted by molar-refractivity contribution is 8.02. The highest BCUT2D eigenvalue weighted by Crippen LogP contribution is 2.40. The van der Waals surface area contributed by atoms with E-state index in [-0.39, 0.29) is 36.5 Å². The second-order valence-corrected chi connectivity index (χ2v) is 16.8. The van der Waals surface area contributed by atoms with Crippen molar-refractivity contribution in [2.45, 2.75) is 41.8 Å². The van der Waals surface area contributed by atoms with E-state index >= 15 is 0 Å². The molecule has 6 aromatic rings. The van der Waals surface area contributed by atoms with Crippen LogP contribution in [-0.2, 0) is 19.2 Å². The largest absolute Gasteiger partial charge is 0.274 e. The van der Waals surface area contributed by atoms with Gasteiger partial charge in [0, 0.05) is 22.6 Å². The van der Waals surface area contributed by atoms with Gasteiger partial charge in [-0.05, 0) is 72.8 Å². The molecule has 0 radical (unpaired) electrons. The Hall–Kier alpha value is -4.01. The summed E-state index contributed by atoms with van der Waals surface area (Å²) in [6.45, 7) is 0. The van der Waals surface area contributed by atoms with Crippen molar-refractivity contribution in [2.75, 3.05) is 9.80 Å². The van der Waals surface area contributed by atoms with Crippen molar-refractivity contribution in [1.29, 1.82) is 0 Å². The Bertz CT molecular complexity index is 1980. The number of amides is 4. The number of hydrogen-bond acceptors (Lipinski definition) is 11. The Labute approximate surface area is 289 Å². The maximum absolute atomic E-state index is 13.2. The summed E-state index contributed by atoms with van der Waals surface area (Å²) in [7, 11) is 0. The lowest BCUT2D eigenvalue weighted by Gasteiger charge is -2.16. The molecule has 47 heavy (non-hydrogen) atoms. The van der Waals surface area contributed by atoms with Gasteiger partial charge in [0.15, 0.2) is 8.68 Å². The van der Waals surface area contributed by atoms with Crippen molar-refractivity contribution >= 4 is 113 Å². The van der Waals surface area contributed by atoms with Crippen LogP contribution >= 0.6 is 58.0 Å². The van der Waals surface area contributed by atoms with Crippen LogP contribution in [0.5, 0.6) is 0 Å². The summed E-state index contributed by atoms with van der Waals surface area (Å²) in [6.07, 6.45) is 0.261. The fraction of sp³-hybridized carbons (Fsp3) is 0.118. The van der Waals surface area contributed by atoms with Gasteiger partial charge >= 0.3 is 0 Å². The zero-order chi connectivity index (χ0) is 32.1. The molecule has 0 N–H and O–H groups in total. The van der Waals surface area contributed by atoms with Crippen LogP contribution in [0.2, 0.25) is 0 Å². The molecule has 2 aliphatic heterocycles. The number of carbonyl (C=O) groups is 4. The zero-order valence-electron chi connectivity index (χ0n) is 24.3. The minimum atomic E-state index is -0.508. The summed E-state index contributed by atoms with van der Waals surface area (Å²) in [5.41, 5.74) is 2.85. The van der Waals surface area contributed by atoms with Crippen molar-refractivity contribution < 1.29 is 19.2 Å². The van der Waals surface area contributed by atoms with Gasteiger partial charge in [-0.25, -0.2) is 19.8 Å². The van der Waals surface area contributed by atoms with Crippen LogP contribution in [0.1, 0.15) is 12.8 Å². The number of aromatic nitrogens is 2. The first kappa shape index (κ1) is 30.3. The molecule has 0 saturated carbocycles. The van der Waals surface area contributed by atoms with Gasteiger partial charge < -0.3 is 0 Å². The molecule has 0 aliphatic carbocycles. The van der Waals surface area contributed by atoms with E-state index in [0.29, 0.717) is 11.4 Å². The van der Waals surface area contributed by atoms with E-state index in [1.54, 1.807) is 24.3 Å². The fourth-order valence-electron chi connectivity index (χ4n) is 5.44. The molecule has 8 rings (SSSR count). The molecule has 2 unspecified atom stereocenters. The summed E-state index contributed by atoms with van der Waals surface area (Å²) in [6, 6.07) is 30.3. The van der Waals surface area contributed by atoms with Gasteiger partial charge in [-0.15, -0.1) is 22.7 Å². The third kappa shape index (κ3) is 5.98. The van der Waals surface area contributed by atoms with Crippen LogP contribution in [0.15, 0.2) is 116 Å². The third-order valence-electron chi connectivity index (χ3n) is 7.67. The molecule has 4 amide bonds. The molecule has 13 heteroatoms. The van der Waals surface area contributed by atoms with Crippen LogP contribution in [-0.4, -0.2) is 44.1 Å². The Morgan fingerprint density at radius 2 is 0.957 bits per heavy atom. The van der Waals surface area contributed by atoms with E-state index in [4.69, 9.17) is 0 Å². The molecule has 8 nitrogen and oxygen atoms in total. The van der Waals surface area contributed by atoms with E-state index in [1.807, 2.05) is 72.8 Å². The van der Waals surface area contributed by atoms with E-state index in [1.165, 1.54) is 67.8 Å². The maximum Gasteiger partial charge on any atom is 0.247 e. The Morgan fingerprint density at radius 3 is 1.36 bits per heavy atom. The number of rotatable bonds is 8. The lowest BCUT2D eigenvalue weighted by molar-refractivity contribution is -0.122. The normalized spacial score (nSPS) is 18.4. The van der Waals surface area contributed by atoms with E-state index in [0.717, 1.165) is 38.9 Å². The number of hydrogen-bond donors (Lipinski definition) is 0. The minimum absolute atomic E-state index is 0.131. The third-order valence-corrected chi connectivity index (χ3v) is 13.3. The number of benzene rings is 4. The average Bonchev–Trinajstić information content (AvgIpc) is 3.81. The standard InChI is InChI=1S/C34H22N4O4S5/c39-29-17-27(46-33-35-23-5-1-3-7-25(23)44-33)31(41)37(29)19-9-13-21(14-10-19)43-22-15-11-20(12-16-22)38-30(40)18-28(32(38)42)47-34-36-24-6-2-4-8-26(24)45-34/h1-16,27-28H,17-18H2. The molecule has 2 atom stereocenters. The van der Waals surface area contributed by atoms with Crippen molar-refractivity contribution in [3.63, 3.8) is 0 Å². The van der Waals surface area contributed by atoms with Gasteiger partial charge in [0.2, 0.25) is 23.6 Å². The predicted molar refractivity (Wildman–Crippen MR) is 190 cm³/mol. The van der Waals surface area contributed by atoms with Crippen molar-refractivity contribution in [3.05, 3.63) is 97.1 Å². The molecule has 2 saturated heterocycles. The fourth-order valence-corrected chi connectivity index (χ4v) is 10.9. The summed E-state index contributed by atoms with van der Waals surface area (Å²) in [5.74, 6) is -0.920. The van der Waals surface area contributed by atoms with Gasteiger partial charge in [0.05, 0.1) is 31.8 Å². The molecular formula is C34H22N4O4S5. The lowest BCUT2D eigenvalue weighted by atomic mass is 10.3. The number of anilines is 2. The highest BCUT2D eigenvalue weighted by atomic mass is 32.2. The lowest BCUT2D eigenvalue weighted by Crippen LogP contribution is -2.31. The van der Waals surface area contributed by atoms with Crippen molar-refractivity contribution in [2.24, 2.45) is 0 Å². The first-order valence-electron chi connectivity index (χ1n) is 14.6. The molecule has 2 aliphatic rings. The number of imide groups is 2. The van der Waals surface area contributed by atoms with Crippen LogP contribution < -0.4 is 9.80 Å². The molecule has 4 aromatic carbocycles. The molecule has 0 bridgehead atoms. The number of thiazole rings is 2. The van der Waals surface area contributed by atoms with Gasteiger partial charge in [0.25, 0.3) is 0 Å². The molecule has 232 valence electrons. The number of fused-ring (bicyclic) bond motifs is 2. The number of thioether (sulfide) groups is 2. The molecular weight excluding hydrogens is 689 g/mol. The quantitative estimate of drug-likeness (QED) is 0.146. The minimum Gasteiger partial charge on any atom is -0.274 e. The Kier molecular flexibility index (Phi) is 8.10. The Morgan fingerprint density at radius 1 is 0.553 bits per heavy atom. The summed E-state index contributed by atoms with van der Waals surface area (Å²) < 4.78 is 3.65. The topological polar surface area (TPSA) is 101 Å². The summed E-state index contributed by atoms with van der Waals surface area (Å²) in [5, 5.41) is -1.02. The molecule has 2 fully saturated rings. The number of nitrogens with zero attached hydrogens (tertiary/aromatic N) is 4. The monoisotopic (exact) mass is 710 g/mol. The summed E-state index contributed by atoms with van der Waals surface area (Å²) in [4.78, 5) is 65.8. The van der Waals surface area contributed by atoms with Gasteiger partial charge in [-0.1, -0.05) is 59.6 Å². The van der Waals surface area contributed by atoms with Crippen molar-refractivity contribution in [3.8, 4) is 0 Å². The van der Waals surface area contributed by atoms with Crippen LogP contribution in [0.4, 0.5) is 11.4 Å². The smallest absolute Gasteiger partial charge is 0.247 e.